The maximum absolute atomic E-state index is 6.61. The molecule has 0 bridgehead atoms. The topological polar surface area (TPSA) is 27.7 Å². The molecule has 39 heavy (non-hydrogen) atoms. The van der Waals surface area contributed by atoms with Crippen molar-refractivity contribution in [3.8, 4) is 17.2 Å². The van der Waals surface area contributed by atoms with E-state index < -0.39 is 27.1 Å². The molecule has 3 nitrogen and oxygen atoms in total. The summed E-state index contributed by atoms with van der Waals surface area (Å²) >= 11 is 0. The first-order chi connectivity index (χ1) is 19.2. The average Bonchev–Trinajstić information content (AvgIpc) is 2.98. The summed E-state index contributed by atoms with van der Waals surface area (Å²) in [5.41, 5.74) is 9.51. The maximum atomic E-state index is 6.61. The van der Waals surface area contributed by atoms with E-state index in [2.05, 4.69) is 92.5 Å². The van der Waals surface area contributed by atoms with Crippen LogP contribution in [0.15, 0.2) is 146 Å². The van der Waals surface area contributed by atoms with Crippen LogP contribution in [-0.4, -0.2) is 27.1 Å². The second kappa shape index (κ2) is 14.9. The molecule has 0 N–H and O–H groups in total. The fraction of sp³-hybridized carbons (Fsp3) is 0.0909. The summed E-state index contributed by atoms with van der Waals surface area (Å²) in [6.07, 6.45) is 0. The lowest BCUT2D eigenvalue weighted by atomic mass is 10.2. The summed E-state index contributed by atoms with van der Waals surface area (Å²) in [6.45, 7) is 12.2. The van der Waals surface area contributed by atoms with Crippen molar-refractivity contribution in [2.45, 2.75) is 18.1 Å². The number of hydrogen-bond donors (Lipinski definition) is 0. The normalized spacial score (nSPS) is 10.8. The largest absolute Gasteiger partial charge is 0.537 e. The lowest BCUT2D eigenvalue weighted by molar-refractivity contribution is 0.498. The van der Waals surface area contributed by atoms with E-state index in [4.69, 9.17) is 13.3 Å². The molecule has 0 fully saturated rings. The van der Waals surface area contributed by atoms with Gasteiger partial charge < -0.3 is 13.3 Å². The lowest BCUT2D eigenvalue weighted by Gasteiger charge is -2.21. The van der Waals surface area contributed by atoms with Crippen molar-refractivity contribution in [1.82, 2.24) is 0 Å². The van der Waals surface area contributed by atoms with Gasteiger partial charge in [0.15, 0.2) is 0 Å². The predicted octanol–water partition coefficient (Wildman–Crippen LogP) is 7.32. The van der Waals surface area contributed by atoms with Gasteiger partial charge in [-0.15, -0.1) is 19.7 Å². The van der Waals surface area contributed by atoms with Gasteiger partial charge in [-0.1, -0.05) is 108 Å². The highest BCUT2D eigenvalue weighted by atomic mass is 28.3. The third-order valence-electron chi connectivity index (χ3n) is 5.99. The van der Waals surface area contributed by atoms with Crippen LogP contribution in [0.5, 0.6) is 17.2 Å². The Morgan fingerprint density at radius 3 is 1.26 bits per heavy atom. The molecule has 0 heterocycles. The monoisotopic (exact) mass is 561 g/mol. The van der Waals surface area contributed by atoms with Crippen molar-refractivity contribution in [3.05, 3.63) is 163 Å². The van der Waals surface area contributed by atoms with Gasteiger partial charge in [-0.05, 0) is 28.8 Å². The summed E-state index contributed by atoms with van der Waals surface area (Å²) in [5.74, 6) is 2.14. The average molecular weight is 562 g/mol. The van der Waals surface area contributed by atoms with Crippen molar-refractivity contribution in [1.29, 1.82) is 0 Å². The molecule has 0 unspecified atom stereocenters. The van der Waals surface area contributed by atoms with Gasteiger partial charge in [0.1, 0.15) is 17.2 Å². The van der Waals surface area contributed by atoms with Crippen LogP contribution >= 0.6 is 0 Å². The summed E-state index contributed by atoms with van der Waals surface area (Å²) in [4.78, 5) is 0. The molecule has 0 aromatic heterocycles. The zero-order valence-electron chi connectivity index (χ0n) is 22.1. The smallest absolute Gasteiger partial charge is 0.313 e. The number of rotatable bonds is 15. The molecule has 6 heteroatoms. The third kappa shape index (κ3) is 8.85. The van der Waals surface area contributed by atoms with Gasteiger partial charge in [0.25, 0.3) is 0 Å². The molecule has 0 aliphatic carbocycles. The minimum absolute atomic E-state index is 0.680. The van der Waals surface area contributed by atoms with Gasteiger partial charge in [-0.3, -0.25) is 0 Å². The van der Waals surface area contributed by atoms with E-state index in [0.29, 0.717) is 11.5 Å². The highest BCUT2D eigenvalue weighted by Gasteiger charge is 2.21. The van der Waals surface area contributed by atoms with Crippen LogP contribution in [0.3, 0.4) is 0 Å². The van der Waals surface area contributed by atoms with Crippen molar-refractivity contribution in [2.24, 2.45) is 0 Å². The lowest BCUT2D eigenvalue weighted by Crippen LogP contribution is -2.26. The zero-order valence-corrected chi connectivity index (χ0v) is 25.1. The molecule has 0 aliphatic rings. The first-order valence-electron chi connectivity index (χ1n) is 12.9. The Morgan fingerprint density at radius 2 is 0.846 bits per heavy atom. The Hall–Kier alpha value is -3.85. The summed E-state index contributed by atoms with van der Waals surface area (Å²) in [7, 11) is -4.10. The van der Waals surface area contributed by atoms with Crippen LogP contribution in [0.4, 0.5) is 0 Å². The maximum Gasteiger partial charge on any atom is 0.313 e. The van der Waals surface area contributed by atoms with Gasteiger partial charge in [-0.2, -0.15) is 0 Å². The minimum atomic E-state index is -1.41. The molecule has 4 aromatic carbocycles. The second-order valence-corrected chi connectivity index (χ2v) is 14.6. The highest BCUT2D eigenvalue weighted by Crippen LogP contribution is 2.34. The van der Waals surface area contributed by atoms with Crippen LogP contribution < -0.4 is 13.3 Å². The molecule has 0 atom stereocenters. The Kier molecular flexibility index (Phi) is 10.8. The van der Waals surface area contributed by atoms with Crippen LogP contribution in [0.2, 0.25) is 0 Å². The second-order valence-electron chi connectivity index (χ2n) is 8.91. The summed E-state index contributed by atoms with van der Waals surface area (Å²) in [5, 5.41) is 0. The fourth-order valence-electron chi connectivity index (χ4n) is 3.99. The quantitative estimate of drug-likeness (QED) is 0.142. The molecule has 0 aliphatic heterocycles. The van der Waals surface area contributed by atoms with Gasteiger partial charge >= 0.3 is 27.1 Å². The van der Waals surface area contributed by atoms with Crippen molar-refractivity contribution in [2.75, 3.05) is 0 Å². The minimum Gasteiger partial charge on any atom is -0.537 e. The van der Waals surface area contributed by atoms with Crippen molar-refractivity contribution < 1.29 is 13.3 Å². The van der Waals surface area contributed by atoms with Gasteiger partial charge in [-0.25, -0.2) is 0 Å². The molecule has 0 saturated heterocycles. The van der Waals surface area contributed by atoms with Gasteiger partial charge in [0.2, 0.25) is 0 Å². The van der Waals surface area contributed by atoms with E-state index in [1.54, 1.807) is 0 Å². The fourth-order valence-corrected chi connectivity index (χ4v) is 8.13. The Balaban J connectivity index is 1.57. The van der Waals surface area contributed by atoms with Crippen molar-refractivity contribution >= 4 is 27.1 Å². The third-order valence-corrected chi connectivity index (χ3v) is 11.1. The Bertz CT molecular complexity index is 1330. The molecular formula is C33H33O3Si3. The first kappa shape index (κ1) is 28.2. The van der Waals surface area contributed by atoms with E-state index in [1.165, 1.54) is 16.7 Å². The first-order valence-corrected chi connectivity index (χ1v) is 18.0. The van der Waals surface area contributed by atoms with E-state index in [9.17, 15) is 0 Å². The molecule has 195 valence electrons. The van der Waals surface area contributed by atoms with E-state index in [0.717, 1.165) is 23.9 Å². The van der Waals surface area contributed by atoms with E-state index in [1.807, 2.05) is 53.5 Å². The summed E-state index contributed by atoms with van der Waals surface area (Å²) in [6, 6.07) is 39.4. The van der Waals surface area contributed by atoms with Crippen LogP contribution in [0.1, 0.15) is 16.7 Å². The molecular weight excluding hydrogens is 529 g/mol. The predicted molar refractivity (Wildman–Crippen MR) is 167 cm³/mol. The standard InChI is InChI=1S/C33H33O3Si3/c1-4-37(25-28-16-10-7-11-17-28)34-31-22-23-32(35-38(5-2)26-29-18-12-8-13-19-29)33(24-31)36-39(6-3)27-30-20-14-9-15-21-30/h4-24H,1-3,25-27H2. The number of benzene rings is 4. The highest BCUT2D eigenvalue weighted by molar-refractivity contribution is 6.59. The molecule has 4 aromatic rings. The molecule has 0 saturated carbocycles. The van der Waals surface area contributed by atoms with E-state index in [-0.39, 0.29) is 0 Å². The Labute approximate surface area is 237 Å². The van der Waals surface area contributed by atoms with Crippen LogP contribution in [0.25, 0.3) is 0 Å². The van der Waals surface area contributed by atoms with Crippen molar-refractivity contribution in [3.63, 3.8) is 0 Å². The van der Waals surface area contributed by atoms with Crippen LogP contribution in [-0.2, 0) is 18.1 Å². The SMILES string of the molecule is C=C[Si](Cc1ccccc1)Oc1ccc(O[Si](C=C)Cc2ccccc2)c(O[Si](C=C)Cc2ccccc2)c1. The molecule has 3 radical (unpaired) electrons. The van der Waals surface area contributed by atoms with E-state index >= 15 is 0 Å². The van der Waals surface area contributed by atoms with Crippen LogP contribution in [0, 0.1) is 0 Å². The number of hydrogen-bond acceptors (Lipinski definition) is 3. The zero-order chi connectivity index (χ0) is 27.3. The molecule has 4 rings (SSSR count). The Morgan fingerprint density at radius 1 is 0.462 bits per heavy atom. The molecule has 0 amide bonds. The molecule has 0 spiro atoms. The summed E-state index contributed by atoms with van der Waals surface area (Å²) < 4.78 is 19.6. The van der Waals surface area contributed by atoms with Gasteiger partial charge in [0, 0.05) is 24.2 Å². The van der Waals surface area contributed by atoms with Gasteiger partial charge in [0.05, 0.1) is 0 Å².